The Balaban J connectivity index is 2.13. The molecule has 2 rings (SSSR count). The number of halogens is 3. The average Bonchev–Trinajstić information content (AvgIpc) is 2.46. The molecule has 0 radical (unpaired) electrons. The van der Waals surface area contributed by atoms with Gasteiger partial charge >= 0.3 is 0 Å². The summed E-state index contributed by atoms with van der Waals surface area (Å²) in [6, 6.07) is 8.10. The van der Waals surface area contributed by atoms with E-state index in [9.17, 15) is 8.78 Å². The minimum atomic E-state index is -0.509. The van der Waals surface area contributed by atoms with Gasteiger partial charge in [-0.1, -0.05) is 28.9 Å². The van der Waals surface area contributed by atoms with Crippen LogP contribution in [0.2, 0.25) is 5.02 Å². The van der Waals surface area contributed by atoms with Gasteiger partial charge in [-0.25, -0.2) is 8.78 Å². The summed E-state index contributed by atoms with van der Waals surface area (Å²) in [6.07, 6.45) is 0. The Morgan fingerprint density at radius 1 is 1.24 bits per heavy atom. The van der Waals surface area contributed by atoms with Gasteiger partial charge < -0.3 is 16.3 Å². The zero-order valence-corrected chi connectivity index (χ0v) is 11.5. The maximum Gasteiger partial charge on any atom is 0.170 e. The van der Waals surface area contributed by atoms with Crippen LogP contribution in [0.5, 0.6) is 0 Å². The lowest BCUT2D eigenvalue weighted by atomic mass is 10.1. The lowest BCUT2D eigenvalue weighted by Crippen LogP contribution is -2.14. The van der Waals surface area contributed by atoms with E-state index in [1.54, 1.807) is 0 Å². The smallest absolute Gasteiger partial charge is 0.170 e. The zero-order chi connectivity index (χ0) is 15.4. The van der Waals surface area contributed by atoms with Gasteiger partial charge in [0.05, 0.1) is 10.7 Å². The fraction of sp³-hybridized carbons (Fsp3) is 0.0714. The van der Waals surface area contributed by atoms with Gasteiger partial charge in [0.25, 0.3) is 0 Å². The monoisotopic (exact) mass is 311 g/mol. The van der Waals surface area contributed by atoms with Crippen LogP contribution in [-0.2, 0) is 6.54 Å². The quantitative estimate of drug-likeness (QED) is 0.351. The van der Waals surface area contributed by atoms with Crippen molar-refractivity contribution in [1.29, 1.82) is 0 Å². The van der Waals surface area contributed by atoms with E-state index in [4.69, 9.17) is 22.5 Å². The number of hydrogen-bond donors (Lipinski definition) is 3. The molecule has 110 valence electrons. The molecular weight excluding hydrogens is 300 g/mol. The molecule has 0 aliphatic heterocycles. The molecule has 0 aromatic heterocycles. The van der Waals surface area contributed by atoms with Crippen molar-refractivity contribution in [2.45, 2.75) is 6.54 Å². The number of hydrogen-bond acceptors (Lipinski definition) is 3. The highest BCUT2D eigenvalue weighted by molar-refractivity contribution is 6.33. The van der Waals surface area contributed by atoms with Crippen LogP contribution in [0.25, 0.3) is 0 Å². The van der Waals surface area contributed by atoms with Gasteiger partial charge in [0.15, 0.2) is 5.84 Å². The highest BCUT2D eigenvalue weighted by Crippen LogP contribution is 2.23. The summed E-state index contributed by atoms with van der Waals surface area (Å²) >= 11 is 5.86. The highest BCUT2D eigenvalue weighted by Gasteiger charge is 2.08. The van der Waals surface area contributed by atoms with Crippen LogP contribution < -0.4 is 11.1 Å². The number of rotatable bonds is 4. The Kier molecular flexibility index (Phi) is 4.59. The molecule has 0 aliphatic carbocycles. The molecule has 0 atom stereocenters. The van der Waals surface area contributed by atoms with E-state index in [0.717, 1.165) is 0 Å². The summed E-state index contributed by atoms with van der Waals surface area (Å²) in [7, 11) is 0. The minimum Gasteiger partial charge on any atom is -0.409 e. The van der Waals surface area contributed by atoms with E-state index >= 15 is 0 Å². The third-order valence-corrected chi connectivity index (χ3v) is 3.17. The van der Waals surface area contributed by atoms with Crippen molar-refractivity contribution in [1.82, 2.24) is 0 Å². The SMILES string of the molecule is NC(=NO)c1ccc(CNc2ccc(F)cc2Cl)c(F)c1. The van der Waals surface area contributed by atoms with Crippen molar-refractivity contribution in [3.05, 3.63) is 64.2 Å². The maximum atomic E-state index is 13.9. The number of nitrogens with one attached hydrogen (secondary N) is 1. The minimum absolute atomic E-state index is 0.160. The number of anilines is 1. The Morgan fingerprint density at radius 3 is 2.62 bits per heavy atom. The number of oxime groups is 1. The standard InChI is InChI=1S/C14H12ClF2N3O/c15-11-6-10(16)3-4-13(11)19-7-9-2-1-8(5-12(9)17)14(18)20-21/h1-6,19,21H,7H2,(H2,18,20). The molecule has 21 heavy (non-hydrogen) atoms. The first-order chi connectivity index (χ1) is 10.0. The summed E-state index contributed by atoms with van der Waals surface area (Å²) in [5, 5.41) is 14.5. The third-order valence-electron chi connectivity index (χ3n) is 2.86. The molecule has 0 saturated heterocycles. The van der Waals surface area contributed by atoms with Gasteiger partial charge in [0, 0.05) is 17.7 Å². The summed E-state index contributed by atoms with van der Waals surface area (Å²) < 4.78 is 26.8. The van der Waals surface area contributed by atoms with Crippen LogP contribution in [0.4, 0.5) is 14.5 Å². The predicted molar refractivity (Wildman–Crippen MR) is 77.6 cm³/mol. The first-order valence-corrected chi connectivity index (χ1v) is 6.34. The Morgan fingerprint density at radius 2 is 2.00 bits per heavy atom. The van der Waals surface area contributed by atoms with E-state index in [-0.39, 0.29) is 23.0 Å². The molecule has 0 fully saturated rings. The van der Waals surface area contributed by atoms with Crippen molar-refractivity contribution < 1.29 is 14.0 Å². The van der Waals surface area contributed by atoms with Crippen LogP contribution in [-0.4, -0.2) is 11.0 Å². The molecule has 7 heteroatoms. The van der Waals surface area contributed by atoms with Gasteiger partial charge in [0.1, 0.15) is 11.6 Å². The van der Waals surface area contributed by atoms with Crippen LogP contribution in [0.1, 0.15) is 11.1 Å². The Hall–Kier alpha value is -2.34. The van der Waals surface area contributed by atoms with E-state index in [1.807, 2.05) is 0 Å². The Labute approximate surface area is 124 Å². The number of nitrogens with two attached hydrogens (primary N) is 1. The maximum absolute atomic E-state index is 13.9. The molecule has 2 aromatic rings. The number of amidine groups is 1. The topological polar surface area (TPSA) is 70.6 Å². The van der Waals surface area contributed by atoms with Crippen LogP contribution in [0.3, 0.4) is 0 Å². The summed E-state index contributed by atoms with van der Waals surface area (Å²) in [5.74, 6) is -1.13. The summed E-state index contributed by atoms with van der Waals surface area (Å²) in [4.78, 5) is 0. The van der Waals surface area contributed by atoms with Crippen LogP contribution in [0, 0.1) is 11.6 Å². The fourth-order valence-electron chi connectivity index (χ4n) is 1.73. The second-order valence-corrected chi connectivity index (χ2v) is 4.68. The van der Waals surface area contributed by atoms with Gasteiger partial charge in [-0.15, -0.1) is 0 Å². The summed E-state index contributed by atoms with van der Waals surface area (Å²) in [6.45, 7) is 0.160. The van der Waals surface area contributed by atoms with E-state index < -0.39 is 11.6 Å². The molecule has 0 bridgehead atoms. The molecule has 0 spiro atoms. The lowest BCUT2D eigenvalue weighted by molar-refractivity contribution is 0.318. The molecule has 2 aromatic carbocycles. The molecule has 0 saturated carbocycles. The van der Waals surface area contributed by atoms with Crippen LogP contribution in [0.15, 0.2) is 41.6 Å². The molecular formula is C14H12ClF2N3O. The molecule has 4 nitrogen and oxygen atoms in total. The second kappa shape index (κ2) is 6.41. The van der Waals surface area contributed by atoms with Crippen molar-refractivity contribution in [2.75, 3.05) is 5.32 Å². The predicted octanol–water partition coefficient (Wildman–Crippen LogP) is 3.32. The Bertz CT molecular complexity index is 692. The third kappa shape index (κ3) is 3.61. The fourth-order valence-corrected chi connectivity index (χ4v) is 1.97. The van der Waals surface area contributed by atoms with Gasteiger partial charge in [-0.3, -0.25) is 0 Å². The van der Waals surface area contributed by atoms with Crippen molar-refractivity contribution in [3.8, 4) is 0 Å². The first kappa shape index (κ1) is 15.1. The molecule has 0 unspecified atom stereocenters. The molecule has 4 N–H and O–H groups in total. The van der Waals surface area contributed by atoms with Crippen molar-refractivity contribution in [2.24, 2.45) is 10.9 Å². The normalized spacial score (nSPS) is 11.5. The highest BCUT2D eigenvalue weighted by atomic mass is 35.5. The number of nitrogens with zero attached hydrogens (tertiary/aromatic N) is 1. The van der Waals surface area contributed by atoms with E-state index in [1.165, 1.54) is 36.4 Å². The molecule has 0 heterocycles. The molecule has 0 amide bonds. The largest absolute Gasteiger partial charge is 0.409 e. The van der Waals surface area contributed by atoms with E-state index in [0.29, 0.717) is 11.3 Å². The molecule has 0 aliphatic rings. The van der Waals surface area contributed by atoms with Gasteiger partial charge in [0.2, 0.25) is 0 Å². The van der Waals surface area contributed by atoms with Gasteiger partial charge in [-0.05, 0) is 24.3 Å². The van der Waals surface area contributed by atoms with E-state index in [2.05, 4.69) is 10.5 Å². The lowest BCUT2D eigenvalue weighted by Gasteiger charge is -2.10. The first-order valence-electron chi connectivity index (χ1n) is 5.96. The van der Waals surface area contributed by atoms with Crippen molar-refractivity contribution >= 4 is 23.1 Å². The zero-order valence-electron chi connectivity index (χ0n) is 10.8. The average molecular weight is 312 g/mol. The second-order valence-electron chi connectivity index (χ2n) is 4.27. The number of benzene rings is 2. The van der Waals surface area contributed by atoms with Gasteiger partial charge in [-0.2, -0.15) is 0 Å². The van der Waals surface area contributed by atoms with Crippen molar-refractivity contribution in [3.63, 3.8) is 0 Å². The summed E-state index contributed by atoms with van der Waals surface area (Å²) in [5.41, 5.74) is 6.52. The van der Waals surface area contributed by atoms with Crippen LogP contribution >= 0.6 is 11.6 Å².